The molecule has 3 aromatic rings. The van der Waals surface area contributed by atoms with Crippen molar-refractivity contribution in [2.24, 2.45) is 0 Å². The molecule has 0 amide bonds. The van der Waals surface area contributed by atoms with Crippen LogP contribution in [0.2, 0.25) is 5.02 Å². The molecule has 152 valence electrons. The van der Waals surface area contributed by atoms with Gasteiger partial charge >= 0.3 is 0 Å². The SMILES string of the molecule is Cc1cc(S(=O)(=O)Nc2ccc(-c3ccc(S(C)(=O)=O)nn3)cc2)c(C)cc1Cl. The molecule has 3 rings (SSSR count). The van der Waals surface area contributed by atoms with E-state index in [-0.39, 0.29) is 9.92 Å². The van der Waals surface area contributed by atoms with Crippen LogP contribution in [-0.4, -0.2) is 33.3 Å². The van der Waals surface area contributed by atoms with E-state index in [0.29, 0.717) is 33.1 Å². The first kappa shape index (κ1) is 21.2. The van der Waals surface area contributed by atoms with Crippen molar-refractivity contribution in [3.63, 3.8) is 0 Å². The molecule has 0 fully saturated rings. The molecule has 0 aliphatic rings. The predicted octanol–water partition coefficient (Wildman–Crippen LogP) is 3.62. The van der Waals surface area contributed by atoms with E-state index < -0.39 is 19.9 Å². The average Bonchev–Trinajstić information content (AvgIpc) is 2.64. The maximum atomic E-state index is 12.7. The number of hydrogen-bond donors (Lipinski definition) is 1. The van der Waals surface area contributed by atoms with Crippen molar-refractivity contribution in [3.05, 3.63) is 64.7 Å². The lowest BCUT2D eigenvalue weighted by Gasteiger charge is -2.12. The van der Waals surface area contributed by atoms with Gasteiger partial charge in [0.2, 0.25) is 0 Å². The Hall–Kier alpha value is -2.49. The molecule has 0 radical (unpaired) electrons. The van der Waals surface area contributed by atoms with Crippen LogP contribution >= 0.6 is 11.6 Å². The lowest BCUT2D eigenvalue weighted by molar-refractivity contribution is 0.595. The molecule has 0 aliphatic heterocycles. The quantitative estimate of drug-likeness (QED) is 0.635. The second-order valence-electron chi connectivity index (χ2n) is 6.58. The van der Waals surface area contributed by atoms with Gasteiger partial charge in [-0.15, -0.1) is 10.2 Å². The maximum absolute atomic E-state index is 12.7. The number of nitrogens with one attached hydrogen (secondary N) is 1. The highest BCUT2D eigenvalue weighted by atomic mass is 35.5. The van der Waals surface area contributed by atoms with Crippen LogP contribution in [0.25, 0.3) is 11.3 Å². The van der Waals surface area contributed by atoms with Gasteiger partial charge in [0.15, 0.2) is 14.9 Å². The number of anilines is 1. The summed E-state index contributed by atoms with van der Waals surface area (Å²) in [6, 6.07) is 12.6. The largest absolute Gasteiger partial charge is 0.280 e. The lowest BCUT2D eigenvalue weighted by atomic mass is 10.1. The minimum atomic E-state index is -3.79. The molecular formula is C19H18ClN3O4S2. The molecule has 2 aromatic carbocycles. The summed E-state index contributed by atoms with van der Waals surface area (Å²) < 4.78 is 50.9. The molecule has 0 unspecified atom stereocenters. The van der Waals surface area contributed by atoms with E-state index in [1.807, 2.05) is 0 Å². The van der Waals surface area contributed by atoms with Gasteiger partial charge in [-0.05, 0) is 61.4 Å². The number of benzene rings is 2. The highest BCUT2D eigenvalue weighted by molar-refractivity contribution is 7.92. The van der Waals surface area contributed by atoms with Crippen LogP contribution in [0.5, 0.6) is 0 Å². The summed E-state index contributed by atoms with van der Waals surface area (Å²) in [6.07, 6.45) is 1.06. The van der Waals surface area contributed by atoms with Crippen molar-refractivity contribution in [3.8, 4) is 11.3 Å². The third kappa shape index (κ3) is 4.75. The number of aryl methyl sites for hydroxylation is 2. The van der Waals surface area contributed by atoms with Gasteiger partial charge in [-0.2, -0.15) is 0 Å². The summed E-state index contributed by atoms with van der Waals surface area (Å²) in [6.45, 7) is 3.42. The van der Waals surface area contributed by atoms with Gasteiger partial charge in [-0.25, -0.2) is 16.8 Å². The Morgan fingerprint density at radius 2 is 1.52 bits per heavy atom. The Labute approximate surface area is 174 Å². The molecule has 29 heavy (non-hydrogen) atoms. The van der Waals surface area contributed by atoms with Crippen molar-refractivity contribution in [1.82, 2.24) is 10.2 Å². The molecule has 1 N–H and O–H groups in total. The summed E-state index contributed by atoms with van der Waals surface area (Å²) in [5.41, 5.74) is 2.73. The zero-order valence-electron chi connectivity index (χ0n) is 15.8. The van der Waals surface area contributed by atoms with Gasteiger partial charge < -0.3 is 0 Å². The normalized spacial score (nSPS) is 12.0. The Balaban J connectivity index is 1.85. The van der Waals surface area contributed by atoms with Crippen LogP contribution in [0, 0.1) is 13.8 Å². The first-order valence-electron chi connectivity index (χ1n) is 8.41. The van der Waals surface area contributed by atoms with Gasteiger partial charge in [0.25, 0.3) is 10.0 Å². The second kappa shape index (κ2) is 7.74. The number of halogens is 1. The molecule has 0 atom stereocenters. The summed E-state index contributed by atoms with van der Waals surface area (Å²) in [7, 11) is -7.21. The van der Waals surface area contributed by atoms with Crippen LogP contribution in [0.15, 0.2) is 58.5 Å². The number of hydrogen-bond acceptors (Lipinski definition) is 6. The van der Waals surface area contributed by atoms with Crippen molar-refractivity contribution in [2.45, 2.75) is 23.8 Å². The van der Waals surface area contributed by atoms with E-state index in [0.717, 1.165) is 6.26 Å². The minimum absolute atomic E-state index is 0.112. The topological polar surface area (TPSA) is 106 Å². The van der Waals surface area contributed by atoms with Gasteiger partial charge in [-0.3, -0.25) is 4.72 Å². The summed E-state index contributed by atoms with van der Waals surface area (Å²) in [5.74, 6) is 0. The maximum Gasteiger partial charge on any atom is 0.262 e. The van der Waals surface area contributed by atoms with Gasteiger partial charge in [0.05, 0.1) is 10.6 Å². The van der Waals surface area contributed by atoms with E-state index in [1.165, 1.54) is 12.1 Å². The van der Waals surface area contributed by atoms with Crippen LogP contribution in [0.4, 0.5) is 5.69 Å². The average molecular weight is 452 g/mol. The van der Waals surface area contributed by atoms with Crippen molar-refractivity contribution in [1.29, 1.82) is 0 Å². The molecule has 0 bridgehead atoms. The Morgan fingerprint density at radius 3 is 2.07 bits per heavy atom. The van der Waals surface area contributed by atoms with Crippen molar-refractivity contribution in [2.75, 3.05) is 11.0 Å². The van der Waals surface area contributed by atoms with Gasteiger partial charge in [0.1, 0.15) is 0 Å². The fraction of sp³-hybridized carbons (Fsp3) is 0.158. The standard InChI is InChI=1S/C19H18ClN3O4S2/c1-12-11-18(13(2)10-16(12)20)29(26,27)23-15-6-4-14(5-7-15)17-8-9-19(22-21-17)28(3,24)25/h4-11,23H,1-3H3. The zero-order valence-corrected chi connectivity index (χ0v) is 18.2. The van der Waals surface area contributed by atoms with Crippen LogP contribution in [0.3, 0.4) is 0 Å². The zero-order chi connectivity index (χ0) is 21.4. The van der Waals surface area contributed by atoms with E-state index >= 15 is 0 Å². The van der Waals surface area contributed by atoms with E-state index in [9.17, 15) is 16.8 Å². The monoisotopic (exact) mass is 451 g/mol. The summed E-state index contributed by atoms with van der Waals surface area (Å²) in [5, 5.41) is 8.03. The third-order valence-corrected chi connectivity index (χ3v) is 7.11. The summed E-state index contributed by atoms with van der Waals surface area (Å²) >= 11 is 6.05. The van der Waals surface area contributed by atoms with Crippen molar-refractivity contribution < 1.29 is 16.8 Å². The molecule has 10 heteroatoms. The number of nitrogens with zero attached hydrogens (tertiary/aromatic N) is 2. The molecule has 0 saturated heterocycles. The molecular weight excluding hydrogens is 434 g/mol. The van der Waals surface area contributed by atoms with E-state index in [1.54, 1.807) is 50.2 Å². The fourth-order valence-electron chi connectivity index (χ4n) is 2.63. The first-order valence-corrected chi connectivity index (χ1v) is 12.2. The van der Waals surface area contributed by atoms with Crippen LogP contribution < -0.4 is 4.72 Å². The smallest absolute Gasteiger partial charge is 0.262 e. The number of sulfonamides is 1. The van der Waals surface area contributed by atoms with Crippen LogP contribution in [-0.2, 0) is 19.9 Å². The van der Waals surface area contributed by atoms with Crippen LogP contribution in [0.1, 0.15) is 11.1 Å². The molecule has 7 nitrogen and oxygen atoms in total. The first-order chi connectivity index (χ1) is 13.5. The molecule has 0 saturated carbocycles. The molecule has 1 aromatic heterocycles. The fourth-order valence-corrected chi connectivity index (χ4v) is 4.73. The summed E-state index contributed by atoms with van der Waals surface area (Å²) in [4.78, 5) is 0.158. The van der Waals surface area contributed by atoms with Gasteiger partial charge in [-0.1, -0.05) is 23.7 Å². The predicted molar refractivity (Wildman–Crippen MR) is 112 cm³/mol. The highest BCUT2D eigenvalue weighted by Crippen LogP contribution is 2.26. The third-order valence-electron chi connectivity index (χ3n) is 4.20. The molecule has 0 aliphatic carbocycles. The van der Waals surface area contributed by atoms with Gasteiger partial charge in [0, 0.05) is 22.5 Å². The van der Waals surface area contributed by atoms with E-state index in [4.69, 9.17) is 11.6 Å². The second-order valence-corrected chi connectivity index (χ2v) is 10.6. The Bertz CT molecular complexity index is 1270. The lowest BCUT2D eigenvalue weighted by Crippen LogP contribution is -2.14. The number of sulfone groups is 1. The van der Waals surface area contributed by atoms with Crippen molar-refractivity contribution >= 4 is 37.1 Å². The number of rotatable bonds is 5. The molecule has 0 spiro atoms. The minimum Gasteiger partial charge on any atom is -0.280 e. The van der Waals surface area contributed by atoms with E-state index in [2.05, 4.69) is 14.9 Å². The highest BCUT2D eigenvalue weighted by Gasteiger charge is 2.18. The number of aromatic nitrogens is 2. The molecule has 1 heterocycles. The Morgan fingerprint density at radius 1 is 0.862 bits per heavy atom. The Kier molecular flexibility index (Phi) is 5.66.